The molecule has 0 aromatic carbocycles. The molecule has 1 N–H and O–H groups in total. The zero-order valence-electron chi connectivity index (χ0n) is 13.8. The van der Waals surface area contributed by atoms with Gasteiger partial charge in [0, 0.05) is 30.5 Å². The first-order valence-corrected chi connectivity index (χ1v) is 7.63. The number of carbonyl (C=O) groups excluding carboxylic acids is 2. The zero-order chi connectivity index (χ0) is 16.5. The van der Waals surface area contributed by atoms with Crippen molar-refractivity contribution in [3.8, 4) is 0 Å². The second-order valence-corrected chi connectivity index (χ2v) is 6.82. The average molecular weight is 307 g/mol. The summed E-state index contributed by atoms with van der Waals surface area (Å²) in [4.78, 5) is 27.6. The number of ether oxygens (including phenoxy) is 1. The number of carbonyl (C=O) groups is 2. The highest BCUT2D eigenvalue weighted by Crippen LogP contribution is 2.24. The minimum Gasteiger partial charge on any atom is -0.444 e. The van der Waals surface area contributed by atoms with Gasteiger partial charge in [-0.25, -0.2) is 9.59 Å². The van der Waals surface area contributed by atoms with E-state index in [0.29, 0.717) is 18.8 Å². The number of rotatable bonds is 1. The SMILES string of the molecule is C=C1C=C(C)NC(=O)N1C1CCN(C(=O)OC(C)(C)C)CC1. The molecule has 0 saturated carbocycles. The van der Waals surface area contributed by atoms with E-state index in [9.17, 15) is 9.59 Å². The van der Waals surface area contributed by atoms with Gasteiger partial charge in [-0.3, -0.25) is 4.90 Å². The van der Waals surface area contributed by atoms with E-state index < -0.39 is 5.60 Å². The number of amides is 3. The van der Waals surface area contributed by atoms with E-state index in [-0.39, 0.29) is 18.2 Å². The minimum atomic E-state index is -0.489. The number of nitrogens with zero attached hydrogens (tertiary/aromatic N) is 2. The third-order valence-corrected chi connectivity index (χ3v) is 3.70. The number of likely N-dealkylation sites (tertiary alicyclic amines) is 1. The Morgan fingerprint density at radius 3 is 2.45 bits per heavy atom. The summed E-state index contributed by atoms with van der Waals surface area (Å²) in [6.07, 6.45) is 3.02. The van der Waals surface area contributed by atoms with Crippen LogP contribution >= 0.6 is 0 Å². The number of urea groups is 1. The Hall–Kier alpha value is -1.98. The molecular weight excluding hydrogens is 282 g/mol. The summed E-state index contributed by atoms with van der Waals surface area (Å²) < 4.78 is 5.38. The summed E-state index contributed by atoms with van der Waals surface area (Å²) in [7, 11) is 0. The van der Waals surface area contributed by atoms with Gasteiger partial charge in [-0.2, -0.15) is 0 Å². The second kappa shape index (κ2) is 6.02. The van der Waals surface area contributed by atoms with Gasteiger partial charge in [0.25, 0.3) is 0 Å². The maximum absolute atomic E-state index is 12.1. The Kier molecular flexibility index (Phi) is 4.49. The lowest BCUT2D eigenvalue weighted by atomic mass is 10.0. The van der Waals surface area contributed by atoms with Crippen molar-refractivity contribution >= 4 is 12.1 Å². The Bertz CT molecular complexity index is 511. The van der Waals surface area contributed by atoms with Crippen molar-refractivity contribution in [2.75, 3.05) is 13.1 Å². The number of hydrogen-bond acceptors (Lipinski definition) is 3. The maximum Gasteiger partial charge on any atom is 0.410 e. The van der Waals surface area contributed by atoms with Gasteiger partial charge in [-0.15, -0.1) is 0 Å². The molecule has 6 nitrogen and oxygen atoms in total. The molecule has 3 amide bonds. The number of nitrogens with one attached hydrogen (secondary N) is 1. The Labute approximate surface area is 131 Å². The molecule has 0 aromatic heterocycles. The van der Waals surface area contributed by atoms with Crippen LogP contribution < -0.4 is 5.32 Å². The normalized spacial score (nSPS) is 20.6. The molecule has 2 rings (SSSR count). The predicted molar refractivity (Wildman–Crippen MR) is 84.1 cm³/mol. The molecule has 2 aliphatic heterocycles. The third-order valence-electron chi connectivity index (χ3n) is 3.70. The van der Waals surface area contributed by atoms with Gasteiger partial charge in [-0.1, -0.05) is 6.58 Å². The molecule has 1 saturated heterocycles. The van der Waals surface area contributed by atoms with Crippen molar-refractivity contribution < 1.29 is 14.3 Å². The lowest BCUT2D eigenvalue weighted by molar-refractivity contribution is 0.0176. The van der Waals surface area contributed by atoms with E-state index in [2.05, 4.69) is 11.9 Å². The van der Waals surface area contributed by atoms with Crippen molar-refractivity contribution in [3.63, 3.8) is 0 Å². The largest absolute Gasteiger partial charge is 0.444 e. The van der Waals surface area contributed by atoms with E-state index >= 15 is 0 Å². The molecule has 0 atom stereocenters. The third kappa shape index (κ3) is 3.81. The summed E-state index contributed by atoms with van der Waals surface area (Å²) in [5.74, 6) is 0. The summed E-state index contributed by atoms with van der Waals surface area (Å²) in [6, 6.07) is -0.0729. The zero-order valence-corrected chi connectivity index (χ0v) is 13.8. The lowest BCUT2D eigenvalue weighted by Gasteiger charge is -2.40. The van der Waals surface area contributed by atoms with Crippen molar-refractivity contribution in [3.05, 3.63) is 24.0 Å². The quantitative estimate of drug-likeness (QED) is 0.810. The first kappa shape index (κ1) is 16.4. The minimum absolute atomic E-state index is 0.0653. The topological polar surface area (TPSA) is 61.9 Å². The van der Waals surface area contributed by atoms with E-state index in [1.165, 1.54) is 0 Å². The first-order valence-electron chi connectivity index (χ1n) is 7.63. The molecule has 0 aliphatic carbocycles. The fourth-order valence-corrected chi connectivity index (χ4v) is 2.75. The summed E-state index contributed by atoms with van der Waals surface area (Å²) in [5.41, 5.74) is 1.02. The van der Waals surface area contributed by atoms with Gasteiger partial charge in [0.1, 0.15) is 5.60 Å². The van der Waals surface area contributed by atoms with Crippen LogP contribution in [0.15, 0.2) is 24.0 Å². The number of hydrogen-bond donors (Lipinski definition) is 1. The fraction of sp³-hybridized carbons (Fsp3) is 0.625. The van der Waals surface area contributed by atoms with Crippen LogP contribution in [0.2, 0.25) is 0 Å². The van der Waals surface area contributed by atoms with Gasteiger partial charge < -0.3 is 15.0 Å². The van der Waals surface area contributed by atoms with Gasteiger partial charge in [-0.05, 0) is 46.6 Å². The molecule has 22 heavy (non-hydrogen) atoms. The van der Waals surface area contributed by atoms with E-state index in [1.54, 1.807) is 9.80 Å². The summed E-state index contributed by atoms with van der Waals surface area (Å²) in [6.45, 7) is 12.5. The van der Waals surface area contributed by atoms with Gasteiger partial charge in [0.2, 0.25) is 0 Å². The van der Waals surface area contributed by atoms with Crippen LogP contribution in [0.1, 0.15) is 40.5 Å². The molecule has 2 aliphatic rings. The van der Waals surface area contributed by atoms with Crippen LogP contribution in [0, 0.1) is 0 Å². The maximum atomic E-state index is 12.1. The monoisotopic (exact) mass is 307 g/mol. The smallest absolute Gasteiger partial charge is 0.410 e. The van der Waals surface area contributed by atoms with E-state index in [0.717, 1.165) is 18.5 Å². The van der Waals surface area contributed by atoms with Gasteiger partial charge in [0.05, 0.1) is 0 Å². The van der Waals surface area contributed by atoms with Gasteiger partial charge >= 0.3 is 12.1 Å². The van der Waals surface area contributed by atoms with Crippen LogP contribution in [0.25, 0.3) is 0 Å². The second-order valence-electron chi connectivity index (χ2n) is 6.82. The van der Waals surface area contributed by atoms with Gasteiger partial charge in [0.15, 0.2) is 0 Å². The molecule has 0 bridgehead atoms. The van der Waals surface area contributed by atoms with Crippen LogP contribution in [0.3, 0.4) is 0 Å². The molecule has 0 spiro atoms. The summed E-state index contributed by atoms with van der Waals surface area (Å²) in [5, 5.41) is 2.80. The molecular formula is C16H25N3O3. The lowest BCUT2D eigenvalue weighted by Crippen LogP contribution is -2.52. The van der Waals surface area contributed by atoms with Crippen LogP contribution in [0.5, 0.6) is 0 Å². The first-order chi connectivity index (χ1) is 10.2. The molecule has 6 heteroatoms. The van der Waals surface area contributed by atoms with E-state index in [4.69, 9.17) is 4.74 Å². The predicted octanol–water partition coefficient (Wildman–Crippen LogP) is 2.83. The molecule has 0 aromatic rings. The Balaban J connectivity index is 1.94. The molecule has 1 fully saturated rings. The van der Waals surface area contributed by atoms with Crippen molar-refractivity contribution in [2.24, 2.45) is 0 Å². The average Bonchev–Trinajstić information content (AvgIpc) is 2.36. The highest BCUT2D eigenvalue weighted by molar-refractivity contribution is 5.80. The van der Waals surface area contributed by atoms with Crippen LogP contribution in [-0.4, -0.2) is 46.7 Å². The van der Waals surface area contributed by atoms with Crippen molar-refractivity contribution in [1.82, 2.24) is 15.1 Å². The Morgan fingerprint density at radius 1 is 1.36 bits per heavy atom. The molecule has 2 heterocycles. The standard InChI is InChI=1S/C16H25N3O3/c1-11-10-12(2)19(14(20)17-11)13-6-8-18(9-7-13)15(21)22-16(3,4)5/h10,13H,2,6-9H2,1,3-5H3,(H,17,20). The molecule has 0 radical (unpaired) electrons. The van der Waals surface area contributed by atoms with Crippen LogP contribution in [0.4, 0.5) is 9.59 Å². The fourth-order valence-electron chi connectivity index (χ4n) is 2.75. The van der Waals surface area contributed by atoms with Crippen molar-refractivity contribution in [1.29, 1.82) is 0 Å². The van der Waals surface area contributed by atoms with Crippen molar-refractivity contribution in [2.45, 2.75) is 52.2 Å². The molecule has 122 valence electrons. The van der Waals surface area contributed by atoms with Crippen LogP contribution in [-0.2, 0) is 4.74 Å². The summed E-state index contributed by atoms with van der Waals surface area (Å²) >= 11 is 0. The molecule has 0 unspecified atom stereocenters. The van der Waals surface area contributed by atoms with E-state index in [1.807, 2.05) is 33.8 Å². The Morgan fingerprint density at radius 2 is 1.95 bits per heavy atom. The number of allylic oxidation sites excluding steroid dienone is 2. The highest BCUT2D eigenvalue weighted by Gasteiger charge is 2.33. The highest BCUT2D eigenvalue weighted by atomic mass is 16.6. The number of piperidine rings is 1.